The molecule has 1 fully saturated rings. The van der Waals surface area contributed by atoms with E-state index in [4.69, 9.17) is 17.3 Å². The average Bonchev–Trinajstić information content (AvgIpc) is 2.91. The van der Waals surface area contributed by atoms with Gasteiger partial charge >= 0.3 is 0 Å². The van der Waals surface area contributed by atoms with Gasteiger partial charge < -0.3 is 15.5 Å². The first kappa shape index (κ1) is 15.6. The third kappa shape index (κ3) is 4.11. The quantitative estimate of drug-likeness (QED) is 0.876. The van der Waals surface area contributed by atoms with Crippen molar-refractivity contribution in [2.24, 2.45) is 5.73 Å². The number of rotatable bonds is 6. The van der Waals surface area contributed by atoms with Crippen LogP contribution in [0.25, 0.3) is 0 Å². The van der Waals surface area contributed by atoms with E-state index >= 15 is 0 Å². The predicted molar refractivity (Wildman–Crippen MR) is 87.7 cm³/mol. The zero-order valence-electron chi connectivity index (χ0n) is 12.6. The summed E-state index contributed by atoms with van der Waals surface area (Å²) in [5, 5.41) is 0.827. The molecule has 1 aliphatic heterocycles. The summed E-state index contributed by atoms with van der Waals surface area (Å²) in [5.41, 5.74) is 8.34. The number of nitrogens with two attached hydrogens (primary N) is 1. The van der Waals surface area contributed by atoms with Crippen molar-refractivity contribution >= 4 is 17.3 Å². The Labute approximate surface area is 127 Å². The molecule has 1 atom stereocenters. The molecular weight excluding hydrogens is 270 g/mol. The molecule has 0 spiro atoms. The summed E-state index contributed by atoms with van der Waals surface area (Å²) in [4.78, 5) is 4.84. The molecule has 1 aromatic rings. The number of hydrogen-bond acceptors (Lipinski definition) is 3. The Morgan fingerprint density at radius 2 is 2.05 bits per heavy atom. The van der Waals surface area contributed by atoms with Gasteiger partial charge in [0.2, 0.25) is 0 Å². The summed E-state index contributed by atoms with van der Waals surface area (Å²) in [6.45, 7) is 6.68. The molecule has 0 radical (unpaired) electrons. The van der Waals surface area contributed by atoms with Crippen molar-refractivity contribution in [2.45, 2.75) is 32.2 Å². The summed E-state index contributed by atoms with van der Waals surface area (Å²) < 4.78 is 0. The second-order valence-corrected chi connectivity index (χ2v) is 6.30. The van der Waals surface area contributed by atoms with Gasteiger partial charge in [0.05, 0.1) is 0 Å². The van der Waals surface area contributed by atoms with E-state index in [0.717, 1.165) is 24.5 Å². The average molecular weight is 296 g/mol. The molecule has 1 heterocycles. The summed E-state index contributed by atoms with van der Waals surface area (Å²) in [7, 11) is 2.15. The van der Waals surface area contributed by atoms with Crippen LogP contribution in [0.3, 0.4) is 0 Å². The molecule has 2 rings (SSSR count). The van der Waals surface area contributed by atoms with Gasteiger partial charge in [-0.2, -0.15) is 0 Å². The maximum absolute atomic E-state index is 6.35. The monoisotopic (exact) mass is 295 g/mol. The summed E-state index contributed by atoms with van der Waals surface area (Å²) in [6.07, 6.45) is 3.51. The van der Waals surface area contributed by atoms with E-state index in [1.807, 2.05) is 19.1 Å². The molecule has 0 bridgehead atoms. The molecule has 1 saturated heterocycles. The Kier molecular flexibility index (Phi) is 5.70. The number of nitrogens with zero attached hydrogens (tertiary/aromatic N) is 2. The smallest absolute Gasteiger partial charge is 0.0459 e. The van der Waals surface area contributed by atoms with Gasteiger partial charge in [0.1, 0.15) is 0 Å². The second-order valence-electron chi connectivity index (χ2n) is 5.89. The van der Waals surface area contributed by atoms with Gasteiger partial charge in [-0.25, -0.2) is 0 Å². The largest absolute Gasteiger partial charge is 0.373 e. The molecule has 20 heavy (non-hydrogen) atoms. The molecule has 4 heteroatoms. The summed E-state index contributed by atoms with van der Waals surface area (Å²) in [6, 6.07) is 6.25. The highest BCUT2D eigenvalue weighted by molar-refractivity contribution is 6.31. The fraction of sp³-hybridized carbons (Fsp3) is 0.625. The zero-order chi connectivity index (χ0) is 14.5. The highest BCUT2D eigenvalue weighted by atomic mass is 35.5. The molecular formula is C16H26ClN3. The van der Waals surface area contributed by atoms with Crippen molar-refractivity contribution in [1.82, 2.24) is 4.90 Å². The van der Waals surface area contributed by atoms with Gasteiger partial charge in [-0.3, -0.25) is 0 Å². The molecule has 2 N–H and O–H groups in total. The molecule has 1 aromatic carbocycles. The highest BCUT2D eigenvalue weighted by Crippen LogP contribution is 2.28. The Bertz CT molecular complexity index is 428. The van der Waals surface area contributed by atoms with E-state index in [0.29, 0.717) is 0 Å². The van der Waals surface area contributed by atoms with Crippen molar-refractivity contribution < 1.29 is 0 Å². The molecule has 0 aromatic heterocycles. The first-order chi connectivity index (χ1) is 9.58. The number of benzene rings is 1. The lowest BCUT2D eigenvalue weighted by molar-refractivity contribution is 0.346. The van der Waals surface area contributed by atoms with Crippen LogP contribution in [0.2, 0.25) is 5.02 Å². The van der Waals surface area contributed by atoms with Gasteiger partial charge in [-0.15, -0.1) is 0 Å². The minimum absolute atomic E-state index is 0.126. The molecule has 1 aliphatic rings. The maximum Gasteiger partial charge on any atom is 0.0459 e. The molecule has 0 aliphatic carbocycles. The van der Waals surface area contributed by atoms with E-state index in [2.05, 4.69) is 22.9 Å². The van der Waals surface area contributed by atoms with E-state index < -0.39 is 0 Å². The number of likely N-dealkylation sites (N-methyl/N-ethyl adjacent to an activating group) is 1. The minimum atomic E-state index is 0.126. The van der Waals surface area contributed by atoms with Crippen molar-refractivity contribution in [3.8, 4) is 0 Å². The van der Waals surface area contributed by atoms with Gasteiger partial charge in [-0.05, 0) is 57.0 Å². The van der Waals surface area contributed by atoms with E-state index in [-0.39, 0.29) is 6.04 Å². The van der Waals surface area contributed by atoms with Crippen LogP contribution in [-0.4, -0.2) is 44.2 Å². The van der Waals surface area contributed by atoms with Crippen LogP contribution < -0.4 is 10.6 Å². The molecule has 0 amide bonds. The SMILES string of the molecule is CC(N)Cc1c(Cl)cccc1N(C)CCN1CCCC1. The minimum Gasteiger partial charge on any atom is -0.373 e. The zero-order valence-corrected chi connectivity index (χ0v) is 13.4. The summed E-state index contributed by atoms with van der Waals surface area (Å²) >= 11 is 6.35. The first-order valence-electron chi connectivity index (χ1n) is 7.54. The maximum atomic E-state index is 6.35. The number of halogens is 1. The van der Waals surface area contributed by atoms with Crippen molar-refractivity contribution in [3.63, 3.8) is 0 Å². The van der Waals surface area contributed by atoms with Gasteiger partial charge in [0, 0.05) is 36.9 Å². The van der Waals surface area contributed by atoms with Gasteiger partial charge in [-0.1, -0.05) is 17.7 Å². The molecule has 112 valence electrons. The van der Waals surface area contributed by atoms with Crippen molar-refractivity contribution in [3.05, 3.63) is 28.8 Å². The lowest BCUT2D eigenvalue weighted by atomic mass is 10.0. The Morgan fingerprint density at radius 3 is 2.70 bits per heavy atom. The third-order valence-electron chi connectivity index (χ3n) is 3.98. The predicted octanol–water partition coefficient (Wildman–Crippen LogP) is 2.76. The van der Waals surface area contributed by atoms with Crippen molar-refractivity contribution in [1.29, 1.82) is 0 Å². The molecule has 3 nitrogen and oxygen atoms in total. The Morgan fingerprint density at radius 1 is 1.35 bits per heavy atom. The number of likely N-dealkylation sites (tertiary alicyclic amines) is 1. The lowest BCUT2D eigenvalue weighted by Crippen LogP contribution is -2.32. The third-order valence-corrected chi connectivity index (χ3v) is 4.34. The molecule has 0 saturated carbocycles. The van der Waals surface area contributed by atoms with Crippen LogP contribution in [0.1, 0.15) is 25.3 Å². The van der Waals surface area contributed by atoms with E-state index in [1.165, 1.54) is 37.2 Å². The van der Waals surface area contributed by atoms with E-state index in [1.54, 1.807) is 0 Å². The number of hydrogen-bond donors (Lipinski definition) is 1. The highest BCUT2D eigenvalue weighted by Gasteiger charge is 2.15. The second kappa shape index (κ2) is 7.30. The fourth-order valence-corrected chi connectivity index (χ4v) is 3.09. The van der Waals surface area contributed by atoms with Crippen LogP contribution in [0.4, 0.5) is 5.69 Å². The van der Waals surface area contributed by atoms with Gasteiger partial charge in [0.25, 0.3) is 0 Å². The standard InChI is InChI=1S/C16H26ClN3/c1-13(18)12-14-15(17)6-5-7-16(14)19(2)10-11-20-8-3-4-9-20/h5-7,13H,3-4,8-12,18H2,1-2H3. The Hall–Kier alpha value is -0.770. The number of anilines is 1. The Balaban J connectivity index is 2.03. The van der Waals surface area contributed by atoms with Crippen LogP contribution >= 0.6 is 11.6 Å². The van der Waals surface area contributed by atoms with Crippen LogP contribution in [-0.2, 0) is 6.42 Å². The lowest BCUT2D eigenvalue weighted by Gasteiger charge is -2.26. The van der Waals surface area contributed by atoms with E-state index in [9.17, 15) is 0 Å². The fourth-order valence-electron chi connectivity index (χ4n) is 2.85. The first-order valence-corrected chi connectivity index (χ1v) is 7.92. The summed E-state index contributed by atoms with van der Waals surface area (Å²) in [5.74, 6) is 0. The van der Waals surface area contributed by atoms with Crippen LogP contribution in [0.5, 0.6) is 0 Å². The molecule has 1 unspecified atom stereocenters. The van der Waals surface area contributed by atoms with Crippen LogP contribution in [0, 0.1) is 0 Å². The van der Waals surface area contributed by atoms with Crippen molar-refractivity contribution in [2.75, 3.05) is 38.1 Å². The van der Waals surface area contributed by atoms with Crippen LogP contribution in [0.15, 0.2) is 18.2 Å². The topological polar surface area (TPSA) is 32.5 Å². The van der Waals surface area contributed by atoms with Gasteiger partial charge in [0.15, 0.2) is 0 Å². The normalized spacial score (nSPS) is 17.4.